The summed E-state index contributed by atoms with van der Waals surface area (Å²) in [5.74, 6) is -2.33. The van der Waals surface area contributed by atoms with Crippen molar-refractivity contribution in [2.45, 2.75) is 6.92 Å². The minimum absolute atomic E-state index is 0.0175. The zero-order valence-electron chi connectivity index (χ0n) is 13.5. The van der Waals surface area contributed by atoms with Gasteiger partial charge in [0.25, 0.3) is 17.5 Å². The zero-order chi connectivity index (χ0) is 19.6. The number of methoxy groups -OCH3 is 1. The average molecular weight is 398 g/mol. The van der Waals surface area contributed by atoms with Gasteiger partial charge < -0.3 is 15.8 Å². The summed E-state index contributed by atoms with van der Waals surface area (Å²) in [5.41, 5.74) is 5.01. The number of nitro benzene ring substituents is 1. The highest BCUT2D eigenvalue weighted by molar-refractivity contribution is 7.18. The van der Waals surface area contributed by atoms with Gasteiger partial charge in [0.05, 0.1) is 33.1 Å². The first-order chi connectivity index (χ1) is 12.2. The van der Waals surface area contributed by atoms with Crippen molar-refractivity contribution in [2.24, 2.45) is 5.73 Å². The molecule has 26 heavy (non-hydrogen) atoms. The number of esters is 1. The van der Waals surface area contributed by atoms with E-state index in [9.17, 15) is 24.5 Å². The van der Waals surface area contributed by atoms with Crippen LogP contribution in [0.1, 0.15) is 36.0 Å². The van der Waals surface area contributed by atoms with E-state index in [1.165, 1.54) is 13.0 Å². The molecule has 0 fully saturated rings. The molecule has 1 aromatic carbocycles. The van der Waals surface area contributed by atoms with Crippen LogP contribution in [0.2, 0.25) is 5.02 Å². The van der Waals surface area contributed by atoms with E-state index in [4.69, 9.17) is 17.3 Å². The van der Waals surface area contributed by atoms with Gasteiger partial charge in [0, 0.05) is 12.1 Å². The molecule has 0 radical (unpaired) electrons. The van der Waals surface area contributed by atoms with Crippen LogP contribution in [0.5, 0.6) is 0 Å². The Morgan fingerprint density at radius 2 is 2.00 bits per heavy atom. The summed E-state index contributed by atoms with van der Waals surface area (Å²) in [6.07, 6.45) is 0. The van der Waals surface area contributed by atoms with E-state index in [-0.39, 0.29) is 37.3 Å². The number of carbonyl (C=O) groups excluding carboxylic acids is 3. The second kappa shape index (κ2) is 7.50. The van der Waals surface area contributed by atoms with Gasteiger partial charge >= 0.3 is 5.97 Å². The largest absolute Gasteiger partial charge is 0.465 e. The fourth-order valence-electron chi connectivity index (χ4n) is 2.16. The van der Waals surface area contributed by atoms with Crippen LogP contribution in [-0.4, -0.2) is 29.8 Å². The first kappa shape index (κ1) is 19.3. The molecule has 0 saturated heterocycles. The van der Waals surface area contributed by atoms with Crippen LogP contribution in [0.4, 0.5) is 10.7 Å². The smallest absolute Gasteiger partial charge is 0.341 e. The highest BCUT2D eigenvalue weighted by Gasteiger charge is 2.26. The minimum Gasteiger partial charge on any atom is -0.465 e. The molecule has 2 rings (SSSR count). The maximum absolute atomic E-state index is 12.5. The third-order valence-corrected chi connectivity index (χ3v) is 4.94. The van der Waals surface area contributed by atoms with Gasteiger partial charge in [0.2, 0.25) is 0 Å². The number of halogens is 1. The number of nitrogens with one attached hydrogen (secondary N) is 1. The van der Waals surface area contributed by atoms with E-state index >= 15 is 0 Å². The molecule has 2 amide bonds. The summed E-state index contributed by atoms with van der Waals surface area (Å²) in [5, 5.41) is 13.3. The lowest BCUT2D eigenvalue weighted by atomic mass is 10.1. The third kappa shape index (κ3) is 3.65. The molecule has 0 saturated carbocycles. The van der Waals surface area contributed by atoms with E-state index in [0.717, 1.165) is 30.6 Å². The van der Waals surface area contributed by atoms with Gasteiger partial charge in [-0.25, -0.2) is 4.79 Å². The monoisotopic (exact) mass is 397 g/mol. The Balaban J connectivity index is 2.48. The number of nitrogens with zero attached hydrogens (tertiary/aromatic N) is 1. The lowest BCUT2D eigenvalue weighted by molar-refractivity contribution is -0.384. The number of nitrogens with two attached hydrogens (primary N) is 1. The number of nitro groups is 1. The van der Waals surface area contributed by atoms with Gasteiger partial charge in [0.15, 0.2) is 0 Å². The fraction of sp³-hybridized carbons (Fsp3) is 0.133. The zero-order valence-corrected chi connectivity index (χ0v) is 15.1. The Morgan fingerprint density at radius 1 is 1.35 bits per heavy atom. The average Bonchev–Trinajstić information content (AvgIpc) is 2.90. The highest BCUT2D eigenvalue weighted by atomic mass is 35.5. The number of thiophene rings is 1. The predicted octanol–water partition coefficient (Wildman–Crippen LogP) is 2.76. The standard InChI is InChI=1S/C15H12ClN3O6S/c1-6-10(15(22)25-2)14(26-11(6)12(17)20)18-13(21)8-5-7(19(23)24)3-4-9(8)16/h3-5H,1-2H3,(H2,17,20)(H,18,21). The Labute approximate surface area is 155 Å². The van der Waals surface area contributed by atoms with E-state index in [1.54, 1.807) is 0 Å². The number of carbonyl (C=O) groups is 3. The molecule has 0 bridgehead atoms. The molecule has 0 atom stereocenters. The van der Waals surface area contributed by atoms with Crippen LogP contribution in [-0.2, 0) is 4.74 Å². The molecule has 9 nitrogen and oxygen atoms in total. The molecule has 0 unspecified atom stereocenters. The molecule has 1 heterocycles. The maximum Gasteiger partial charge on any atom is 0.341 e. The fourth-order valence-corrected chi connectivity index (χ4v) is 3.40. The minimum atomic E-state index is -0.791. The number of anilines is 1. The van der Waals surface area contributed by atoms with Crippen molar-refractivity contribution in [3.8, 4) is 0 Å². The van der Waals surface area contributed by atoms with Gasteiger partial charge in [-0.3, -0.25) is 19.7 Å². The second-order valence-electron chi connectivity index (χ2n) is 4.99. The van der Waals surface area contributed by atoms with Crippen molar-refractivity contribution in [3.63, 3.8) is 0 Å². The van der Waals surface area contributed by atoms with Crippen molar-refractivity contribution < 1.29 is 24.0 Å². The summed E-state index contributed by atoms with van der Waals surface area (Å²) in [6.45, 7) is 1.48. The van der Waals surface area contributed by atoms with E-state index in [1.807, 2.05) is 0 Å². The summed E-state index contributed by atoms with van der Waals surface area (Å²) < 4.78 is 4.66. The molecule has 3 N–H and O–H groups in total. The molecule has 0 aliphatic rings. The van der Waals surface area contributed by atoms with Gasteiger partial charge in [-0.15, -0.1) is 11.3 Å². The lowest BCUT2D eigenvalue weighted by Gasteiger charge is -2.07. The lowest BCUT2D eigenvalue weighted by Crippen LogP contribution is -2.15. The molecular formula is C15H12ClN3O6S. The first-order valence-corrected chi connectivity index (χ1v) is 8.13. The van der Waals surface area contributed by atoms with Crippen LogP contribution in [0.3, 0.4) is 0 Å². The number of hydrogen-bond acceptors (Lipinski definition) is 7. The third-order valence-electron chi connectivity index (χ3n) is 3.39. The topological polar surface area (TPSA) is 142 Å². The van der Waals surface area contributed by atoms with Crippen molar-refractivity contribution in [1.82, 2.24) is 0 Å². The number of primary amides is 1. The van der Waals surface area contributed by atoms with Gasteiger partial charge in [-0.1, -0.05) is 11.6 Å². The Kier molecular flexibility index (Phi) is 5.58. The van der Waals surface area contributed by atoms with Crippen LogP contribution in [0.25, 0.3) is 0 Å². The number of amides is 2. The van der Waals surface area contributed by atoms with Crippen LogP contribution < -0.4 is 11.1 Å². The Hall–Kier alpha value is -2.98. The van der Waals surface area contributed by atoms with Crippen molar-refractivity contribution in [2.75, 3.05) is 12.4 Å². The van der Waals surface area contributed by atoms with Crippen molar-refractivity contribution in [1.29, 1.82) is 0 Å². The van der Waals surface area contributed by atoms with Crippen molar-refractivity contribution in [3.05, 3.63) is 54.9 Å². The van der Waals surface area contributed by atoms with Crippen molar-refractivity contribution >= 4 is 51.4 Å². The Bertz CT molecular complexity index is 940. The first-order valence-electron chi connectivity index (χ1n) is 6.94. The molecule has 0 aliphatic heterocycles. The SMILES string of the molecule is COC(=O)c1c(NC(=O)c2cc([N+](=O)[O-])ccc2Cl)sc(C(N)=O)c1C. The van der Waals surface area contributed by atoms with Crippen LogP contribution >= 0.6 is 22.9 Å². The predicted molar refractivity (Wildman–Crippen MR) is 95.0 cm³/mol. The highest BCUT2D eigenvalue weighted by Crippen LogP contribution is 2.34. The quantitative estimate of drug-likeness (QED) is 0.451. The summed E-state index contributed by atoms with van der Waals surface area (Å²) in [7, 11) is 1.15. The summed E-state index contributed by atoms with van der Waals surface area (Å²) in [4.78, 5) is 46.2. The molecular weight excluding hydrogens is 386 g/mol. The molecule has 136 valence electrons. The van der Waals surface area contributed by atoms with Gasteiger partial charge in [0.1, 0.15) is 5.00 Å². The van der Waals surface area contributed by atoms with E-state index in [2.05, 4.69) is 10.1 Å². The van der Waals surface area contributed by atoms with E-state index in [0.29, 0.717) is 0 Å². The maximum atomic E-state index is 12.5. The van der Waals surface area contributed by atoms with Gasteiger partial charge in [-0.2, -0.15) is 0 Å². The molecule has 0 aliphatic carbocycles. The summed E-state index contributed by atoms with van der Waals surface area (Å²) in [6, 6.07) is 3.37. The van der Waals surface area contributed by atoms with E-state index < -0.39 is 22.7 Å². The number of ether oxygens (including phenoxy) is 1. The molecule has 11 heteroatoms. The number of non-ortho nitro benzene ring substituents is 1. The number of rotatable bonds is 5. The molecule has 1 aromatic heterocycles. The number of benzene rings is 1. The van der Waals surface area contributed by atoms with Gasteiger partial charge in [-0.05, 0) is 18.6 Å². The Morgan fingerprint density at radius 3 is 2.54 bits per heavy atom. The second-order valence-corrected chi connectivity index (χ2v) is 6.42. The van der Waals surface area contributed by atoms with Crippen LogP contribution in [0, 0.1) is 17.0 Å². The number of hydrogen-bond donors (Lipinski definition) is 2. The van der Waals surface area contributed by atoms with Crippen LogP contribution in [0.15, 0.2) is 18.2 Å². The normalized spacial score (nSPS) is 10.3. The summed E-state index contributed by atoms with van der Waals surface area (Å²) >= 11 is 6.73. The molecule has 2 aromatic rings. The molecule has 0 spiro atoms.